The molecule has 0 aromatic carbocycles. The van der Waals surface area contributed by atoms with E-state index in [1.165, 1.54) is 18.4 Å². The Hall–Kier alpha value is -1.36. The van der Waals surface area contributed by atoms with Crippen LogP contribution in [0.1, 0.15) is 38.1 Å². The lowest BCUT2D eigenvalue weighted by Crippen LogP contribution is -2.42. The topological polar surface area (TPSA) is 44.3 Å². The number of nitrogens with one attached hydrogen (secondary N) is 1. The summed E-state index contributed by atoms with van der Waals surface area (Å²) in [5.41, 5.74) is 1.18. The highest BCUT2D eigenvalue weighted by atomic mass is 15.2. The van der Waals surface area contributed by atoms with E-state index in [4.69, 9.17) is 4.98 Å². The second-order valence-electron chi connectivity index (χ2n) is 6.00. The molecule has 118 valence electrons. The summed E-state index contributed by atoms with van der Waals surface area (Å²) in [5, 5.41) is 3.37. The number of aryl methyl sites for hydroxylation is 1. The minimum atomic E-state index is 0.697. The second-order valence-corrected chi connectivity index (χ2v) is 6.00. The van der Waals surface area contributed by atoms with Gasteiger partial charge in [-0.05, 0) is 40.8 Å². The summed E-state index contributed by atoms with van der Waals surface area (Å²) in [7, 11) is 4.35. The third-order valence-electron chi connectivity index (χ3n) is 4.32. The molecule has 0 amide bonds. The Kier molecular flexibility index (Phi) is 5.39. The highest BCUT2D eigenvalue weighted by Gasteiger charge is 2.23. The molecule has 5 nitrogen and oxygen atoms in total. The maximum absolute atomic E-state index is 4.79. The zero-order valence-electron chi connectivity index (χ0n) is 14.1. The van der Waals surface area contributed by atoms with E-state index < -0.39 is 0 Å². The standard InChI is InChI=1S/C16H29N5/c1-6-14-18-15(17-7-2)12(3)16(19-14)21-10-8-13(9-11-21)20(4)5/h13H,6-11H2,1-5H3,(H,17,18,19). The minimum Gasteiger partial charge on any atom is -0.370 e. The van der Waals surface area contributed by atoms with Crippen LogP contribution in [-0.2, 0) is 6.42 Å². The fourth-order valence-corrected chi connectivity index (χ4v) is 2.95. The van der Waals surface area contributed by atoms with E-state index in [1.54, 1.807) is 0 Å². The molecule has 2 heterocycles. The molecule has 1 aromatic heterocycles. The fraction of sp³-hybridized carbons (Fsp3) is 0.750. The van der Waals surface area contributed by atoms with Gasteiger partial charge < -0.3 is 15.1 Å². The average molecular weight is 291 g/mol. The van der Waals surface area contributed by atoms with Gasteiger partial charge in [-0.1, -0.05) is 6.92 Å². The number of nitrogens with zero attached hydrogens (tertiary/aromatic N) is 4. The zero-order chi connectivity index (χ0) is 15.4. The van der Waals surface area contributed by atoms with Crippen LogP contribution >= 0.6 is 0 Å². The van der Waals surface area contributed by atoms with Crippen LogP contribution in [0.3, 0.4) is 0 Å². The quantitative estimate of drug-likeness (QED) is 0.902. The molecule has 1 saturated heterocycles. The number of hydrogen-bond donors (Lipinski definition) is 1. The third-order valence-corrected chi connectivity index (χ3v) is 4.32. The highest BCUT2D eigenvalue weighted by Crippen LogP contribution is 2.27. The van der Waals surface area contributed by atoms with Crippen LogP contribution in [0.25, 0.3) is 0 Å². The fourth-order valence-electron chi connectivity index (χ4n) is 2.95. The lowest BCUT2D eigenvalue weighted by atomic mass is 10.0. The van der Waals surface area contributed by atoms with E-state index in [-0.39, 0.29) is 0 Å². The second kappa shape index (κ2) is 7.07. The molecular formula is C16H29N5. The van der Waals surface area contributed by atoms with Gasteiger partial charge >= 0.3 is 0 Å². The number of piperidine rings is 1. The summed E-state index contributed by atoms with van der Waals surface area (Å²) in [6.45, 7) is 9.40. The van der Waals surface area contributed by atoms with Crippen LogP contribution in [-0.4, -0.2) is 54.6 Å². The summed E-state index contributed by atoms with van der Waals surface area (Å²) in [6, 6.07) is 0.697. The maximum atomic E-state index is 4.79. The van der Waals surface area contributed by atoms with Crippen LogP contribution in [0, 0.1) is 6.92 Å². The van der Waals surface area contributed by atoms with Crippen molar-refractivity contribution in [3.8, 4) is 0 Å². The Morgan fingerprint density at radius 1 is 1.19 bits per heavy atom. The van der Waals surface area contributed by atoms with Gasteiger partial charge in [0.05, 0.1) is 0 Å². The van der Waals surface area contributed by atoms with Gasteiger partial charge in [0.1, 0.15) is 17.5 Å². The molecular weight excluding hydrogens is 262 g/mol. The third kappa shape index (κ3) is 3.64. The van der Waals surface area contributed by atoms with Gasteiger partial charge in [-0.15, -0.1) is 0 Å². The molecule has 0 bridgehead atoms. The number of anilines is 2. The molecule has 1 N–H and O–H groups in total. The SMILES string of the molecule is CCNc1nc(CC)nc(N2CCC(N(C)C)CC2)c1C. The van der Waals surface area contributed by atoms with Crippen molar-refractivity contribution in [2.75, 3.05) is 43.9 Å². The first kappa shape index (κ1) is 16.0. The molecule has 0 aliphatic carbocycles. The molecule has 1 aromatic rings. The van der Waals surface area contributed by atoms with Crippen molar-refractivity contribution in [3.63, 3.8) is 0 Å². The van der Waals surface area contributed by atoms with Gasteiger partial charge in [0.2, 0.25) is 0 Å². The van der Waals surface area contributed by atoms with E-state index in [1.807, 2.05) is 0 Å². The number of rotatable bonds is 5. The first-order chi connectivity index (χ1) is 10.1. The molecule has 1 aliphatic heterocycles. The van der Waals surface area contributed by atoms with Crippen molar-refractivity contribution in [1.82, 2.24) is 14.9 Å². The van der Waals surface area contributed by atoms with Crippen LogP contribution in [0.4, 0.5) is 11.6 Å². The van der Waals surface area contributed by atoms with Crippen LogP contribution in [0.2, 0.25) is 0 Å². The predicted octanol–water partition coefficient (Wildman–Crippen LogP) is 2.31. The lowest BCUT2D eigenvalue weighted by molar-refractivity contribution is 0.249. The molecule has 1 aliphatic rings. The summed E-state index contributed by atoms with van der Waals surface area (Å²) < 4.78 is 0. The van der Waals surface area contributed by atoms with Gasteiger partial charge in [-0.2, -0.15) is 0 Å². The average Bonchev–Trinajstić information content (AvgIpc) is 2.49. The van der Waals surface area contributed by atoms with Gasteiger partial charge in [0.15, 0.2) is 0 Å². The minimum absolute atomic E-state index is 0.697. The molecule has 21 heavy (non-hydrogen) atoms. The van der Waals surface area contributed by atoms with E-state index in [0.717, 1.165) is 43.5 Å². The van der Waals surface area contributed by atoms with Crippen LogP contribution < -0.4 is 10.2 Å². The first-order valence-electron chi connectivity index (χ1n) is 8.09. The van der Waals surface area contributed by atoms with Crippen LogP contribution in [0.5, 0.6) is 0 Å². The van der Waals surface area contributed by atoms with Gasteiger partial charge in [0.25, 0.3) is 0 Å². The molecule has 0 radical (unpaired) electrons. The largest absolute Gasteiger partial charge is 0.370 e. The van der Waals surface area contributed by atoms with Crippen molar-refractivity contribution < 1.29 is 0 Å². The Morgan fingerprint density at radius 3 is 2.38 bits per heavy atom. The Bertz CT molecular complexity index is 464. The van der Waals surface area contributed by atoms with E-state index in [9.17, 15) is 0 Å². The molecule has 2 rings (SSSR count). The predicted molar refractivity (Wildman–Crippen MR) is 89.2 cm³/mol. The van der Waals surface area contributed by atoms with Gasteiger partial charge in [-0.3, -0.25) is 0 Å². The Morgan fingerprint density at radius 2 is 1.86 bits per heavy atom. The molecule has 0 unspecified atom stereocenters. The van der Waals surface area contributed by atoms with E-state index in [0.29, 0.717) is 6.04 Å². The summed E-state index contributed by atoms with van der Waals surface area (Å²) >= 11 is 0. The molecule has 5 heteroatoms. The molecule has 1 fully saturated rings. The summed E-state index contributed by atoms with van der Waals surface area (Å²) in [4.78, 5) is 14.2. The van der Waals surface area contributed by atoms with Crippen molar-refractivity contribution in [2.45, 2.75) is 46.1 Å². The number of aromatic nitrogens is 2. The van der Waals surface area contributed by atoms with Crippen molar-refractivity contribution in [3.05, 3.63) is 11.4 Å². The van der Waals surface area contributed by atoms with Crippen molar-refractivity contribution in [2.24, 2.45) is 0 Å². The maximum Gasteiger partial charge on any atom is 0.137 e. The lowest BCUT2D eigenvalue weighted by Gasteiger charge is -2.36. The zero-order valence-corrected chi connectivity index (χ0v) is 14.1. The monoisotopic (exact) mass is 291 g/mol. The molecule has 0 atom stereocenters. The smallest absolute Gasteiger partial charge is 0.137 e. The Labute approximate surface area is 128 Å². The van der Waals surface area contributed by atoms with Crippen molar-refractivity contribution >= 4 is 11.6 Å². The molecule has 0 spiro atoms. The highest BCUT2D eigenvalue weighted by molar-refractivity contribution is 5.58. The first-order valence-corrected chi connectivity index (χ1v) is 8.09. The van der Waals surface area contributed by atoms with Crippen molar-refractivity contribution in [1.29, 1.82) is 0 Å². The van der Waals surface area contributed by atoms with E-state index >= 15 is 0 Å². The van der Waals surface area contributed by atoms with E-state index in [2.05, 4.69) is 55.0 Å². The van der Waals surface area contributed by atoms with Gasteiger partial charge in [-0.25, -0.2) is 9.97 Å². The normalized spacial score (nSPS) is 16.6. The van der Waals surface area contributed by atoms with Gasteiger partial charge in [0, 0.05) is 37.7 Å². The molecule has 0 saturated carbocycles. The summed E-state index contributed by atoms with van der Waals surface area (Å²) in [5.74, 6) is 3.05. The number of hydrogen-bond acceptors (Lipinski definition) is 5. The Balaban J connectivity index is 2.21. The van der Waals surface area contributed by atoms with Crippen LogP contribution in [0.15, 0.2) is 0 Å². The summed E-state index contributed by atoms with van der Waals surface area (Å²) in [6.07, 6.45) is 3.28.